The first-order valence-corrected chi connectivity index (χ1v) is 12.1. The fraction of sp³-hybridized carbons (Fsp3) is 0.680. The average Bonchev–Trinajstić information content (AvgIpc) is 2.72. The Bertz CT molecular complexity index is 894. The predicted molar refractivity (Wildman–Crippen MR) is 123 cm³/mol. The van der Waals surface area contributed by atoms with Crippen LogP contribution in [0.25, 0.3) is 0 Å². The van der Waals surface area contributed by atoms with Gasteiger partial charge in [-0.05, 0) is 64.2 Å². The molecule has 10 heteroatoms. The lowest BCUT2D eigenvalue weighted by atomic mass is 9.72. The lowest BCUT2D eigenvalue weighted by molar-refractivity contribution is -0.274. The van der Waals surface area contributed by atoms with Gasteiger partial charge in [-0.3, -0.25) is 4.79 Å². The molecule has 0 spiro atoms. The van der Waals surface area contributed by atoms with Gasteiger partial charge in [-0.25, -0.2) is 4.79 Å². The van der Waals surface area contributed by atoms with E-state index in [-0.39, 0.29) is 24.1 Å². The van der Waals surface area contributed by atoms with Crippen molar-refractivity contribution in [3.8, 4) is 5.75 Å². The van der Waals surface area contributed by atoms with Gasteiger partial charge in [0.15, 0.2) is 0 Å². The molecule has 0 radical (unpaired) electrons. The fourth-order valence-corrected chi connectivity index (χ4v) is 4.98. The van der Waals surface area contributed by atoms with Gasteiger partial charge in [0, 0.05) is 19.1 Å². The summed E-state index contributed by atoms with van der Waals surface area (Å²) in [5.41, 5.74) is -1.76. The second-order valence-electron chi connectivity index (χ2n) is 10.5. The van der Waals surface area contributed by atoms with E-state index >= 15 is 0 Å². The van der Waals surface area contributed by atoms with Crippen molar-refractivity contribution in [3.05, 3.63) is 29.8 Å². The first kappa shape index (κ1) is 27.1. The molecule has 1 heterocycles. The van der Waals surface area contributed by atoms with Gasteiger partial charge < -0.3 is 24.8 Å². The average molecular weight is 501 g/mol. The molecule has 0 unspecified atom stereocenters. The van der Waals surface area contributed by atoms with E-state index in [1.807, 2.05) is 0 Å². The van der Waals surface area contributed by atoms with Crippen LogP contribution in [0.5, 0.6) is 5.75 Å². The molecule has 0 aromatic heterocycles. The number of nitrogens with zero attached hydrogens (tertiary/aromatic N) is 1. The molecule has 35 heavy (non-hydrogen) atoms. The molecule has 1 aromatic rings. The van der Waals surface area contributed by atoms with Gasteiger partial charge in [0.1, 0.15) is 11.4 Å². The van der Waals surface area contributed by atoms with Crippen LogP contribution in [0, 0.1) is 0 Å². The Kier molecular flexibility index (Phi) is 8.24. The molecule has 2 N–H and O–H groups in total. The van der Waals surface area contributed by atoms with E-state index < -0.39 is 35.3 Å². The summed E-state index contributed by atoms with van der Waals surface area (Å²) in [7, 11) is 0. The fourth-order valence-electron chi connectivity index (χ4n) is 4.98. The number of carbonyl (C=O) groups excluding carboxylic acids is 2. The Labute approximate surface area is 204 Å². The van der Waals surface area contributed by atoms with Crippen LogP contribution in [0.4, 0.5) is 18.0 Å². The lowest BCUT2D eigenvalue weighted by Gasteiger charge is -2.42. The molecular formula is C25H35F3N2O5. The Balaban J connectivity index is 1.83. The van der Waals surface area contributed by atoms with Crippen molar-refractivity contribution in [1.29, 1.82) is 0 Å². The van der Waals surface area contributed by atoms with Crippen molar-refractivity contribution in [3.63, 3.8) is 0 Å². The van der Waals surface area contributed by atoms with Crippen LogP contribution in [-0.4, -0.2) is 58.7 Å². The summed E-state index contributed by atoms with van der Waals surface area (Å²) in [6.45, 7) is 5.93. The number of likely N-dealkylation sites (tertiary alicyclic amines) is 1. The minimum atomic E-state index is -4.87. The Morgan fingerprint density at radius 1 is 1.14 bits per heavy atom. The van der Waals surface area contributed by atoms with Gasteiger partial charge in [0.05, 0.1) is 11.5 Å². The zero-order chi connectivity index (χ0) is 25.9. The topological polar surface area (TPSA) is 88.1 Å². The van der Waals surface area contributed by atoms with Gasteiger partial charge in [-0.1, -0.05) is 31.4 Å². The van der Waals surface area contributed by atoms with Gasteiger partial charge in [-0.2, -0.15) is 0 Å². The highest BCUT2D eigenvalue weighted by Crippen LogP contribution is 2.42. The summed E-state index contributed by atoms with van der Waals surface area (Å²) < 4.78 is 47.8. The molecule has 2 aliphatic rings. The molecule has 2 amide bonds. The van der Waals surface area contributed by atoms with E-state index in [1.165, 1.54) is 18.2 Å². The summed E-state index contributed by atoms with van der Waals surface area (Å²) in [5, 5.41) is 14.3. The summed E-state index contributed by atoms with van der Waals surface area (Å²) >= 11 is 0. The number of nitrogens with one attached hydrogen (secondary N) is 1. The number of aliphatic hydroxyl groups is 1. The summed E-state index contributed by atoms with van der Waals surface area (Å²) in [5.74, 6) is -1.84. The normalized spacial score (nSPS) is 21.7. The largest absolute Gasteiger partial charge is 0.573 e. The monoisotopic (exact) mass is 500 g/mol. The maximum Gasteiger partial charge on any atom is 0.573 e. The first-order chi connectivity index (χ1) is 16.3. The van der Waals surface area contributed by atoms with Gasteiger partial charge >= 0.3 is 12.5 Å². The number of amides is 2. The molecular weight excluding hydrogens is 465 g/mol. The van der Waals surface area contributed by atoms with Crippen LogP contribution >= 0.6 is 0 Å². The van der Waals surface area contributed by atoms with Crippen LogP contribution in [-0.2, 0) is 9.53 Å². The van der Waals surface area contributed by atoms with E-state index in [0.717, 1.165) is 19.3 Å². The third-order valence-corrected chi connectivity index (χ3v) is 6.38. The summed E-state index contributed by atoms with van der Waals surface area (Å²) in [6, 6.07) is 4.97. The molecule has 2 fully saturated rings. The summed E-state index contributed by atoms with van der Waals surface area (Å²) in [4.78, 5) is 27.6. The molecule has 7 nitrogen and oxygen atoms in total. The number of benzene rings is 1. The summed E-state index contributed by atoms with van der Waals surface area (Å²) in [6.07, 6.45) is -1.02. The van der Waals surface area contributed by atoms with Crippen molar-refractivity contribution in [2.45, 2.75) is 95.2 Å². The molecule has 1 aromatic carbocycles. The quantitative estimate of drug-likeness (QED) is 0.602. The Morgan fingerprint density at radius 3 is 2.46 bits per heavy atom. The third-order valence-electron chi connectivity index (χ3n) is 6.38. The predicted octanol–water partition coefficient (Wildman–Crippen LogP) is 4.88. The zero-order valence-corrected chi connectivity index (χ0v) is 20.5. The zero-order valence-electron chi connectivity index (χ0n) is 20.5. The van der Waals surface area contributed by atoms with Crippen LogP contribution in [0.1, 0.15) is 77.2 Å². The van der Waals surface area contributed by atoms with E-state index in [9.17, 15) is 27.9 Å². The number of hydrogen-bond donors (Lipinski definition) is 2. The van der Waals surface area contributed by atoms with Crippen molar-refractivity contribution in [1.82, 2.24) is 10.2 Å². The lowest BCUT2D eigenvalue weighted by Crippen LogP contribution is -2.54. The molecule has 1 aliphatic heterocycles. The number of halogens is 3. The Hall–Kier alpha value is -2.49. The number of piperidine rings is 1. The van der Waals surface area contributed by atoms with Crippen molar-refractivity contribution in [2.75, 3.05) is 13.1 Å². The highest BCUT2D eigenvalue weighted by Gasteiger charge is 2.45. The number of rotatable bonds is 5. The molecule has 1 saturated carbocycles. The standard InChI is InChI=1S/C25H35F3N2O5/c1-23(2,3)35-22(32)29-18-10-8-14-30(16-18)21(31)20(24(33)12-5-4-6-13-24)17-9-7-11-19(15-17)34-25(26,27)28/h7,9,11,15,18,20,33H,4-6,8,10,12-14,16H2,1-3H3,(H,29,32)/t18-,20+/m1/s1. The van der Waals surface area contributed by atoms with E-state index in [1.54, 1.807) is 31.7 Å². The van der Waals surface area contributed by atoms with Crippen LogP contribution in [0.3, 0.4) is 0 Å². The van der Waals surface area contributed by atoms with Gasteiger partial charge in [-0.15, -0.1) is 13.2 Å². The number of carbonyl (C=O) groups is 2. The number of hydrogen-bond acceptors (Lipinski definition) is 5. The second kappa shape index (κ2) is 10.6. The molecule has 0 bridgehead atoms. The van der Waals surface area contributed by atoms with Crippen LogP contribution in [0.15, 0.2) is 24.3 Å². The third kappa shape index (κ3) is 7.75. The van der Waals surface area contributed by atoms with E-state index in [4.69, 9.17) is 4.74 Å². The van der Waals surface area contributed by atoms with E-state index in [2.05, 4.69) is 10.1 Å². The van der Waals surface area contributed by atoms with Crippen molar-refractivity contribution in [2.24, 2.45) is 0 Å². The molecule has 1 aliphatic carbocycles. The molecule has 196 valence electrons. The number of alkyl carbamates (subject to hydrolysis) is 1. The van der Waals surface area contributed by atoms with E-state index in [0.29, 0.717) is 32.2 Å². The number of alkyl halides is 3. The van der Waals surface area contributed by atoms with Crippen molar-refractivity contribution >= 4 is 12.0 Å². The SMILES string of the molecule is CC(C)(C)OC(=O)N[C@@H]1CCCN(C(=O)[C@H](c2cccc(OC(F)(F)F)c2)C2(O)CCCCC2)C1. The van der Waals surface area contributed by atoms with Gasteiger partial charge in [0.2, 0.25) is 5.91 Å². The van der Waals surface area contributed by atoms with Gasteiger partial charge in [0.25, 0.3) is 0 Å². The Morgan fingerprint density at radius 2 is 1.83 bits per heavy atom. The second-order valence-corrected chi connectivity index (χ2v) is 10.5. The maximum atomic E-state index is 13.8. The molecule has 3 rings (SSSR count). The minimum absolute atomic E-state index is 0.226. The smallest absolute Gasteiger partial charge is 0.444 e. The first-order valence-electron chi connectivity index (χ1n) is 12.1. The van der Waals surface area contributed by atoms with Crippen LogP contribution < -0.4 is 10.1 Å². The minimum Gasteiger partial charge on any atom is -0.444 e. The highest BCUT2D eigenvalue weighted by molar-refractivity contribution is 5.85. The molecule has 2 atom stereocenters. The maximum absolute atomic E-state index is 13.8. The van der Waals surface area contributed by atoms with Crippen molar-refractivity contribution < 1.29 is 37.3 Å². The van der Waals surface area contributed by atoms with Crippen LogP contribution in [0.2, 0.25) is 0 Å². The number of ether oxygens (including phenoxy) is 2. The highest BCUT2D eigenvalue weighted by atomic mass is 19.4. The molecule has 1 saturated heterocycles.